The molecule has 0 radical (unpaired) electrons. The molecule has 1 N–H and O–H groups in total. The fourth-order valence-corrected chi connectivity index (χ4v) is 2.19. The number of nitrogens with one attached hydrogen (secondary N) is 1. The van der Waals surface area contributed by atoms with E-state index in [-0.39, 0.29) is 18.3 Å². The first-order valence-corrected chi connectivity index (χ1v) is 6.52. The lowest BCUT2D eigenvalue weighted by molar-refractivity contribution is 0.0949. The molecule has 0 aliphatic rings. The molecule has 4 heteroatoms. The molecule has 0 fully saturated rings. The van der Waals surface area contributed by atoms with Crippen molar-refractivity contribution < 1.29 is 9.18 Å². The van der Waals surface area contributed by atoms with Gasteiger partial charge in [-0.3, -0.25) is 4.79 Å². The third-order valence-electron chi connectivity index (χ3n) is 2.52. The highest BCUT2D eigenvalue weighted by Gasteiger charge is 2.09. The maximum atomic E-state index is 13.4. The predicted octanol–water partition coefficient (Wildman–Crippen LogP) is 3.36. The Morgan fingerprint density at radius 1 is 1.11 bits per heavy atom. The number of carbonyl (C=O) groups excluding carboxylic acids is 1. The van der Waals surface area contributed by atoms with Crippen molar-refractivity contribution in [1.82, 2.24) is 5.32 Å². The third-order valence-corrected chi connectivity index (χ3v) is 3.46. The summed E-state index contributed by atoms with van der Waals surface area (Å²) in [4.78, 5) is 11.9. The zero-order valence-corrected chi connectivity index (χ0v) is 11.6. The fourth-order valence-electron chi connectivity index (χ4n) is 1.56. The van der Waals surface area contributed by atoms with Crippen molar-refractivity contribution in [1.29, 1.82) is 0 Å². The van der Waals surface area contributed by atoms with Crippen LogP contribution >= 0.6 is 22.6 Å². The molecule has 2 aromatic rings. The van der Waals surface area contributed by atoms with Crippen molar-refractivity contribution in [2.45, 2.75) is 6.54 Å². The molecule has 18 heavy (non-hydrogen) atoms. The molecule has 0 aliphatic carbocycles. The van der Waals surface area contributed by atoms with Gasteiger partial charge in [0.25, 0.3) is 5.91 Å². The van der Waals surface area contributed by atoms with Gasteiger partial charge in [0.1, 0.15) is 5.82 Å². The summed E-state index contributed by atoms with van der Waals surface area (Å²) in [5.41, 5.74) is 1.09. The number of hydrogen-bond donors (Lipinski definition) is 1. The first-order valence-electron chi connectivity index (χ1n) is 5.44. The zero-order chi connectivity index (χ0) is 13.0. The summed E-state index contributed by atoms with van der Waals surface area (Å²) in [7, 11) is 0. The monoisotopic (exact) mass is 355 g/mol. The number of amides is 1. The topological polar surface area (TPSA) is 29.1 Å². The Bertz CT molecular complexity index is 571. The molecule has 0 atom stereocenters. The van der Waals surface area contributed by atoms with E-state index in [1.807, 2.05) is 12.1 Å². The molecular formula is C14H11FINO. The molecule has 0 spiro atoms. The van der Waals surface area contributed by atoms with Crippen LogP contribution in [-0.2, 0) is 6.54 Å². The number of hydrogen-bond acceptors (Lipinski definition) is 1. The minimum Gasteiger partial charge on any atom is -0.348 e. The number of halogens is 2. The SMILES string of the molecule is O=C(NCc1ccccc1F)c1ccccc1I. The molecular weight excluding hydrogens is 344 g/mol. The van der Waals surface area contributed by atoms with Crippen molar-refractivity contribution in [2.75, 3.05) is 0 Å². The Morgan fingerprint density at radius 3 is 2.50 bits per heavy atom. The molecule has 0 saturated heterocycles. The molecule has 0 aromatic heterocycles. The van der Waals surface area contributed by atoms with Gasteiger partial charge >= 0.3 is 0 Å². The molecule has 1 amide bonds. The Kier molecular flexibility index (Phi) is 4.30. The standard InChI is InChI=1S/C14H11FINO/c15-12-7-3-1-5-10(12)9-17-14(18)11-6-2-4-8-13(11)16/h1-8H,9H2,(H,17,18). The van der Waals surface area contributed by atoms with Crippen molar-refractivity contribution in [2.24, 2.45) is 0 Å². The van der Waals surface area contributed by atoms with E-state index < -0.39 is 0 Å². The van der Waals surface area contributed by atoms with Gasteiger partial charge in [-0.25, -0.2) is 4.39 Å². The number of benzene rings is 2. The van der Waals surface area contributed by atoms with Gasteiger partial charge in [-0.1, -0.05) is 30.3 Å². The van der Waals surface area contributed by atoms with Crippen LogP contribution in [0.4, 0.5) is 4.39 Å². The van der Waals surface area contributed by atoms with Crippen LogP contribution in [0.1, 0.15) is 15.9 Å². The summed E-state index contributed by atoms with van der Waals surface area (Å²) in [6, 6.07) is 13.7. The smallest absolute Gasteiger partial charge is 0.252 e. The van der Waals surface area contributed by atoms with Crippen LogP contribution < -0.4 is 5.32 Å². The maximum absolute atomic E-state index is 13.4. The van der Waals surface area contributed by atoms with Crippen molar-refractivity contribution >= 4 is 28.5 Å². The van der Waals surface area contributed by atoms with Gasteiger partial charge in [0, 0.05) is 15.7 Å². The molecule has 0 aliphatic heterocycles. The van der Waals surface area contributed by atoms with E-state index in [1.54, 1.807) is 30.3 Å². The van der Waals surface area contributed by atoms with Crippen LogP contribution in [0.5, 0.6) is 0 Å². The van der Waals surface area contributed by atoms with Crippen LogP contribution in [0.3, 0.4) is 0 Å². The normalized spacial score (nSPS) is 10.1. The van der Waals surface area contributed by atoms with Crippen molar-refractivity contribution in [3.8, 4) is 0 Å². The zero-order valence-electron chi connectivity index (χ0n) is 9.49. The van der Waals surface area contributed by atoms with E-state index in [9.17, 15) is 9.18 Å². The summed E-state index contributed by atoms with van der Waals surface area (Å²) in [6.45, 7) is 0.191. The highest BCUT2D eigenvalue weighted by atomic mass is 127. The second kappa shape index (κ2) is 5.95. The average molecular weight is 355 g/mol. The first-order chi connectivity index (χ1) is 8.68. The van der Waals surface area contributed by atoms with E-state index >= 15 is 0 Å². The van der Waals surface area contributed by atoms with E-state index in [0.717, 1.165) is 3.57 Å². The number of rotatable bonds is 3. The Morgan fingerprint density at radius 2 is 1.78 bits per heavy atom. The van der Waals surface area contributed by atoms with Gasteiger partial charge in [-0.2, -0.15) is 0 Å². The summed E-state index contributed by atoms with van der Waals surface area (Å²) in [6.07, 6.45) is 0. The molecule has 0 saturated carbocycles. The van der Waals surface area contributed by atoms with Crippen LogP contribution in [-0.4, -0.2) is 5.91 Å². The van der Waals surface area contributed by atoms with Gasteiger partial charge in [0.15, 0.2) is 0 Å². The van der Waals surface area contributed by atoms with E-state index in [0.29, 0.717) is 11.1 Å². The van der Waals surface area contributed by atoms with Crippen LogP contribution in [0, 0.1) is 9.39 Å². The minimum atomic E-state index is -0.305. The fraction of sp³-hybridized carbons (Fsp3) is 0.0714. The first kappa shape index (κ1) is 13.0. The average Bonchev–Trinajstić information content (AvgIpc) is 2.38. The van der Waals surface area contributed by atoms with Crippen LogP contribution in [0.15, 0.2) is 48.5 Å². The Labute approximate surface area is 118 Å². The summed E-state index contributed by atoms with van der Waals surface area (Å²) in [5.74, 6) is -0.496. The quantitative estimate of drug-likeness (QED) is 0.841. The predicted molar refractivity (Wildman–Crippen MR) is 76.7 cm³/mol. The van der Waals surface area contributed by atoms with Gasteiger partial charge in [-0.05, 0) is 40.8 Å². The summed E-state index contributed by atoms with van der Waals surface area (Å²) in [5, 5.41) is 2.71. The molecule has 2 nitrogen and oxygen atoms in total. The van der Waals surface area contributed by atoms with E-state index in [4.69, 9.17) is 0 Å². The summed E-state index contributed by atoms with van der Waals surface area (Å²) < 4.78 is 14.2. The molecule has 2 rings (SSSR count). The largest absolute Gasteiger partial charge is 0.348 e. The van der Waals surface area contributed by atoms with E-state index in [2.05, 4.69) is 27.9 Å². The Hall–Kier alpha value is -1.43. The molecule has 2 aromatic carbocycles. The molecule has 0 bridgehead atoms. The molecule has 0 unspecified atom stereocenters. The lowest BCUT2D eigenvalue weighted by atomic mass is 10.2. The van der Waals surface area contributed by atoms with Crippen LogP contribution in [0.25, 0.3) is 0 Å². The third kappa shape index (κ3) is 3.07. The highest BCUT2D eigenvalue weighted by Crippen LogP contribution is 2.12. The van der Waals surface area contributed by atoms with Crippen LogP contribution in [0.2, 0.25) is 0 Å². The van der Waals surface area contributed by atoms with Gasteiger partial charge in [0.2, 0.25) is 0 Å². The molecule has 0 heterocycles. The summed E-state index contributed by atoms with van der Waals surface area (Å²) >= 11 is 2.10. The Balaban J connectivity index is 2.06. The molecule has 92 valence electrons. The van der Waals surface area contributed by atoms with Gasteiger partial charge < -0.3 is 5.32 Å². The second-order valence-corrected chi connectivity index (χ2v) is 4.92. The van der Waals surface area contributed by atoms with Gasteiger partial charge in [0.05, 0.1) is 5.56 Å². The van der Waals surface area contributed by atoms with Crippen molar-refractivity contribution in [3.05, 3.63) is 69.0 Å². The second-order valence-electron chi connectivity index (χ2n) is 3.75. The number of carbonyl (C=O) groups is 1. The highest BCUT2D eigenvalue weighted by molar-refractivity contribution is 14.1. The van der Waals surface area contributed by atoms with Gasteiger partial charge in [-0.15, -0.1) is 0 Å². The minimum absolute atomic E-state index is 0.191. The van der Waals surface area contributed by atoms with Crippen molar-refractivity contribution in [3.63, 3.8) is 0 Å². The lowest BCUT2D eigenvalue weighted by Crippen LogP contribution is -2.24. The maximum Gasteiger partial charge on any atom is 0.252 e. The van der Waals surface area contributed by atoms with E-state index in [1.165, 1.54) is 6.07 Å². The lowest BCUT2D eigenvalue weighted by Gasteiger charge is -2.07.